The molecule has 0 saturated carbocycles. The van der Waals surface area contributed by atoms with E-state index >= 15 is 0 Å². The first-order valence-electron chi connectivity index (χ1n) is 9.32. The summed E-state index contributed by atoms with van der Waals surface area (Å²) in [5.41, 5.74) is 0.232. The molecule has 4 rings (SSSR count). The van der Waals surface area contributed by atoms with E-state index in [2.05, 4.69) is 33.4 Å². The van der Waals surface area contributed by atoms with Crippen LogP contribution in [0.4, 0.5) is 4.39 Å². The summed E-state index contributed by atoms with van der Waals surface area (Å²) in [5.74, 6) is 0.484. The third kappa shape index (κ3) is 3.10. The van der Waals surface area contributed by atoms with Crippen molar-refractivity contribution in [3.63, 3.8) is 0 Å². The van der Waals surface area contributed by atoms with Crippen LogP contribution in [0.3, 0.4) is 0 Å². The molecular formula is C19H25ClFN5. The van der Waals surface area contributed by atoms with Gasteiger partial charge in [0.25, 0.3) is 0 Å². The van der Waals surface area contributed by atoms with Gasteiger partial charge in [0.05, 0.1) is 5.02 Å². The number of likely N-dealkylation sites (tertiary alicyclic amines) is 1. The molecule has 3 aliphatic rings. The summed E-state index contributed by atoms with van der Waals surface area (Å²) < 4.78 is 13.8. The summed E-state index contributed by atoms with van der Waals surface area (Å²) in [6.07, 6.45) is 6.38. The fraction of sp³-hybridized carbons (Fsp3) is 0.526. The molecule has 0 aliphatic carbocycles. The van der Waals surface area contributed by atoms with Crippen molar-refractivity contribution < 1.29 is 4.39 Å². The van der Waals surface area contributed by atoms with E-state index in [1.165, 1.54) is 18.9 Å². The number of guanidine groups is 1. The van der Waals surface area contributed by atoms with Gasteiger partial charge < -0.3 is 15.5 Å². The Labute approximate surface area is 158 Å². The first-order chi connectivity index (χ1) is 12.6. The van der Waals surface area contributed by atoms with Gasteiger partial charge in [-0.05, 0) is 38.0 Å². The fourth-order valence-corrected chi connectivity index (χ4v) is 4.29. The Morgan fingerprint density at radius 1 is 1.27 bits per heavy atom. The Bertz CT molecular complexity index is 731. The van der Waals surface area contributed by atoms with E-state index in [1.54, 1.807) is 12.1 Å². The van der Waals surface area contributed by atoms with Crippen LogP contribution in [0.25, 0.3) is 0 Å². The largest absolute Gasteiger partial charge is 0.340 e. The Balaban J connectivity index is 1.79. The van der Waals surface area contributed by atoms with E-state index in [0.717, 1.165) is 44.2 Å². The maximum absolute atomic E-state index is 13.8. The van der Waals surface area contributed by atoms with E-state index in [4.69, 9.17) is 16.6 Å². The Morgan fingerprint density at radius 3 is 2.77 bits per heavy atom. The molecule has 0 bridgehead atoms. The van der Waals surface area contributed by atoms with E-state index in [1.807, 2.05) is 6.20 Å². The maximum atomic E-state index is 13.8. The zero-order valence-electron chi connectivity index (χ0n) is 15.0. The number of piperazine rings is 1. The molecule has 140 valence electrons. The summed E-state index contributed by atoms with van der Waals surface area (Å²) in [4.78, 5) is 9.84. The van der Waals surface area contributed by atoms with Crippen LogP contribution >= 0.6 is 11.6 Å². The second-order valence-corrected chi connectivity index (χ2v) is 7.60. The lowest BCUT2D eigenvalue weighted by molar-refractivity contribution is 0.114. The third-order valence-electron chi connectivity index (χ3n) is 5.57. The molecular weight excluding hydrogens is 353 g/mol. The lowest BCUT2D eigenvalue weighted by Crippen LogP contribution is -2.56. The van der Waals surface area contributed by atoms with Gasteiger partial charge in [-0.2, -0.15) is 0 Å². The Morgan fingerprint density at radius 2 is 2.08 bits per heavy atom. The molecule has 5 nitrogen and oxygen atoms in total. The standard InChI is InChI=1S/C19H25ClFN5/c1-14-3-2-10-26(14)18-23-7-6-19(24-18,25-11-8-22-9-12-25)15-4-5-17(21)16(20)13-15/h4-7,13-14,22H,2-3,8-12H2,1H3,(H,23,24). The normalized spacial score (nSPS) is 29.6. The summed E-state index contributed by atoms with van der Waals surface area (Å²) in [6.45, 7) is 6.78. The van der Waals surface area contributed by atoms with Crippen LogP contribution in [0.15, 0.2) is 35.5 Å². The van der Waals surface area contributed by atoms with Crippen molar-refractivity contribution in [1.29, 1.82) is 0 Å². The van der Waals surface area contributed by atoms with E-state index in [9.17, 15) is 4.39 Å². The van der Waals surface area contributed by atoms with Crippen LogP contribution in [0.2, 0.25) is 5.02 Å². The van der Waals surface area contributed by atoms with Crippen molar-refractivity contribution in [3.8, 4) is 0 Å². The molecule has 26 heavy (non-hydrogen) atoms. The molecule has 1 aromatic rings. The van der Waals surface area contributed by atoms with Gasteiger partial charge in [-0.3, -0.25) is 4.90 Å². The average Bonchev–Trinajstić information content (AvgIpc) is 3.11. The minimum atomic E-state index is -0.664. The number of rotatable bonds is 2. The molecule has 3 heterocycles. The molecule has 2 fully saturated rings. The van der Waals surface area contributed by atoms with Crippen LogP contribution < -0.4 is 10.6 Å². The predicted molar refractivity (Wildman–Crippen MR) is 103 cm³/mol. The second-order valence-electron chi connectivity index (χ2n) is 7.19. The molecule has 0 amide bonds. The van der Waals surface area contributed by atoms with Crippen molar-refractivity contribution >= 4 is 17.6 Å². The summed E-state index contributed by atoms with van der Waals surface area (Å²) in [6, 6.07) is 5.41. The topological polar surface area (TPSA) is 42.9 Å². The number of aliphatic imine (C=N–C) groups is 1. The highest BCUT2D eigenvalue weighted by Gasteiger charge is 2.40. The Hall–Kier alpha value is -1.63. The molecule has 2 unspecified atom stereocenters. The molecule has 2 saturated heterocycles. The minimum absolute atomic E-state index is 0.134. The number of halogens is 2. The monoisotopic (exact) mass is 377 g/mol. The van der Waals surface area contributed by atoms with Crippen LogP contribution in [0.5, 0.6) is 0 Å². The van der Waals surface area contributed by atoms with Crippen LogP contribution in [0, 0.1) is 5.82 Å². The van der Waals surface area contributed by atoms with Gasteiger partial charge in [0.2, 0.25) is 5.96 Å². The van der Waals surface area contributed by atoms with Gasteiger partial charge in [0.1, 0.15) is 5.82 Å². The molecule has 1 aromatic carbocycles. The van der Waals surface area contributed by atoms with Crippen molar-refractivity contribution in [2.45, 2.75) is 31.5 Å². The summed E-state index contributed by atoms with van der Waals surface area (Å²) >= 11 is 6.12. The number of nitrogens with one attached hydrogen (secondary N) is 2. The number of benzene rings is 1. The maximum Gasteiger partial charge on any atom is 0.200 e. The van der Waals surface area contributed by atoms with Crippen LogP contribution in [0.1, 0.15) is 25.3 Å². The van der Waals surface area contributed by atoms with Gasteiger partial charge in [-0.25, -0.2) is 9.38 Å². The highest BCUT2D eigenvalue weighted by molar-refractivity contribution is 6.30. The van der Waals surface area contributed by atoms with Crippen LogP contribution in [-0.2, 0) is 5.66 Å². The molecule has 2 atom stereocenters. The quantitative estimate of drug-likeness (QED) is 0.831. The number of hydrogen-bond acceptors (Lipinski definition) is 5. The second kappa shape index (κ2) is 7.18. The lowest BCUT2D eigenvalue weighted by Gasteiger charge is -2.44. The van der Waals surface area contributed by atoms with Crippen LogP contribution in [-0.4, -0.2) is 54.5 Å². The van der Waals surface area contributed by atoms with Crippen molar-refractivity contribution in [2.24, 2.45) is 4.99 Å². The van der Waals surface area contributed by atoms with Gasteiger partial charge in [-0.15, -0.1) is 0 Å². The van der Waals surface area contributed by atoms with Gasteiger partial charge >= 0.3 is 0 Å². The zero-order chi connectivity index (χ0) is 18.1. The van der Waals surface area contributed by atoms with Gasteiger partial charge in [0, 0.05) is 50.5 Å². The molecule has 0 aromatic heterocycles. The molecule has 0 radical (unpaired) electrons. The van der Waals surface area contributed by atoms with Gasteiger partial charge in [-0.1, -0.05) is 17.7 Å². The van der Waals surface area contributed by atoms with Crippen molar-refractivity contribution in [1.82, 2.24) is 20.4 Å². The predicted octanol–water partition coefficient (Wildman–Crippen LogP) is 2.49. The molecule has 3 aliphatic heterocycles. The molecule has 2 N–H and O–H groups in total. The fourth-order valence-electron chi connectivity index (χ4n) is 4.11. The van der Waals surface area contributed by atoms with E-state index in [-0.39, 0.29) is 5.02 Å². The highest BCUT2D eigenvalue weighted by atomic mass is 35.5. The number of nitrogens with zero attached hydrogens (tertiary/aromatic N) is 3. The SMILES string of the molecule is CC1CCCN1C1=NC(c2ccc(F)c(Cl)c2)(N2CCNCC2)C=CN1. The third-order valence-corrected chi connectivity index (χ3v) is 5.86. The first-order valence-corrected chi connectivity index (χ1v) is 9.70. The summed E-state index contributed by atoms with van der Waals surface area (Å²) in [5, 5.41) is 6.85. The van der Waals surface area contributed by atoms with E-state index in [0.29, 0.717) is 6.04 Å². The number of hydrogen-bond donors (Lipinski definition) is 2. The van der Waals surface area contributed by atoms with Gasteiger partial charge in [0.15, 0.2) is 5.66 Å². The highest BCUT2D eigenvalue weighted by Crippen LogP contribution is 2.36. The van der Waals surface area contributed by atoms with Crippen molar-refractivity contribution in [3.05, 3.63) is 46.9 Å². The first kappa shape index (κ1) is 17.8. The minimum Gasteiger partial charge on any atom is -0.340 e. The molecule has 0 spiro atoms. The Kier molecular flexibility index (Phi) is 4.90. The summed E-state index contributed by atoms with van der Waals surface area (Å²) in [7, 11) is 0. The zero-order valence-corrected chi connectivity index (χ0v) is 15.8. The smallest absolute Gasteiger partial charge is 0.200 e. The molecule has 7 heteroatoms. The average molecular weight is 378 g/mol. The van der Waals surface area contributed by atoms with Crippen molar-refractivity contribution in [2.75, 3.05) is 32.7 Å². The lowest BCUT2D eigenvalue weighted by atomic mass is 9.96. The van der Waals surface area contributed by atoms with E-state index < -0.39 is 11.5 Å².